The summed E-state index contributed by atoms with van der Waals surface area (Å²) in [4.78, 5) is 12.3. The minimum Gasteiger partial charge on any atom is -0.494 e. The minimum atomic E-state index is -0.649. The highest BCUT2D eigenvalue weighted by atomic mass is 19.1. The Balaban J connectivity index is 2.47. The number of halogens is 1. The number of benzene rings is 2. The summed E-state index contributed by atoms with van der Waals surface area (Å²) in [5, 5.41) is 0. The lowest BCUT2D eigenvalue weighted by molar-refractivity contribution is 0.103. The fraction of sp³-hybridized carbons (Fsp3) is 0.133. The highest BCUT2D eigenvalue weighted by Crippen LogP contribution is 2.23. The molecule has 2 rings (SSSR count). The number of anilines is 1. The number of hydrogen-bond acceptors (Lipinski definition) is 3. The van der Waals surface area contributed by atoms with Crippen molar-refractivity contribution in [3.05, 3.63) is 58.9 Å². The van der Waals surface area contributed by atoms with Crippen molar-refractivity contribution in [1.82, 2.24) is 0 Å². The summed E-state index contributed by atoms with van der Waals surface area (Å²) in [5.41, 5.74) is 7.47. The summed E-state index contributed by atoms with van der Waals surface area (Å²) in [6.07, 6.45) is 0. The molecule has 0 aliphatic heterocycles. The van der Waals surface area contributed by atoms with Crippen LogP contribution in [-0.4, -0.2) is 12.9 Å². The molecule has 2 N–H and O–H groups in total. The Bertz CT molecular complexity index is 638. The third-order valence-electron chi connectivity index (χ3n) is 2.96. The number of ether oxygens (including phenoxy) is 1. The van der Waals surface area contributed by atoms with Crippen LogP contribution in [0.3, 0.4) is 0 Å². The second kappa shape index (κ2) is 5.10. The van der Waals surface area contributed by atoms with Crippen LogP contribution >= 0.6 is 0 Å². The number of ketones is 1. The maximum atomic E-state index is 14.0. The van der Waals surface area contributed by atoms with Crippen LogP contribution < -0.4 is 10.5 Å². The lowest BCUT2D eigenvalue weighted by atomic mass is 10.0. The van der Waals surface area contributed by atoms with E-state index in [9.17, 15) is 9.18 Å². The maximum absolute atomic E-state index is 14.0. The molecule has 0 saturated heterocycles. The van der Waals surface area contributed by atoms with Gasteiger partial charge in [-0.05, 0) is 42.8 Å². The Hall–Kier alpha value is -2.36. The van der Waals surface area contributed by atoms with Gasteiger partial charge in [-0.1, -0.05) is 6.07 Å². The van der Waals surface area contributed by atoms with Crippen LogP contribution in [0.1, 0.15) is 21.5 Å². The van der Waals surface area contributed by atoms with Gasteiger partial charge in [0.2, 0.25) is 0 Å². The second-order valence-electron chi connectivity index (χ2n) is 4.22. The largest absolute Gasteiger partial charge is 0.494 e. The summed E-state index contributed by atoms with van der Waals surface area (Å²) >= 11 is 0. The first-order chi connectivity index (χ1) is 9.04. The Kier molecular flexibility index (Phi) is 3.51. The number of carbonyl (C=O) groups excluding carboxylic acids is 1. The van der Waals surface area contributed by atoms with Crippen molar-refractivity contribution in [1.29, 1.82) is 0 Å². The molecule has 2 aromatic carbocycles. The molecular weight excluding hydrogens is 245 g/mol. The van der Waals surface area contributed by atoms with Crippen LogP contribution in [0.15, 0.2) is 36.4 Å². The van der Waals surface area contributed by atoms with Crippen LogP contribution in [0.4, 0.5) is 10.1 Å². The smallest absolute Gasteiger partial charge is 0.196 e. The fourth-order valence-corrected chi connectivity index (χ4v) is 1.82. The molecule has 0 bridgehead atoms. The molecule has 2 aromatic rings. The standard InChI is InChI=1S/C15H14FNO2/c1-9-8-10(6-7-12(9)17)15(18)11-4-3-5-13(19-2)14(11)16/h3-8H,17H2,1-2H3. The zero-order chi connectivity index (χ0) is 14.0. The Morgan fingerprint density at radius 3 is 2.63 bits per heavy atom. The molecule has 3 nitrogen and oxygen atoms in total. The number of aryl methyl sites for hydroxylation is 1. The van der Waals surface area contributed by atoms with Crippen molar-refractivity contribution < 1.29 is 13.9 Å². The van der Waals surface area contributed by atoms with Gasteiger partial charge in [0.15, 0.2) is 17.3 Å². The molecule has 0 amide bonds. The van der Waals surface area contributed by atoms with Gasteiger partial charge in [-0.25, -0.2) is 4.39 Å². The van der Waals surface area contributed by atoms with E-state index in [2.05, 4.69) is 0 Å². The van der Waals surface area contributed by atoms with Crippen LogP contribution in [0.2, 0.25) is 0 Å². The molecule has 0 saturated carbocycles. The number of rotatable bonds is 3. The molecular formula is C15H14FNO2. The molecule has 0 atom stereocenters. The lowest BCUT2D eigenvalue weighted by Gasteiger charge is -2.08. The van der Waals surface area contributed by atoms with Gasteiger partial charge in [-0.15, -0.1) is 0 Å². The normalized spacial score (nSPS) is 10.3. The predicted molar refractivity (Wildman–Crippen MR) is 72.0 cm³/mol. The van der Waals surface area contributed by atoms with E-state index < -0.39 is 5.82 Å². The summed E-state index contributed by atoms with van der Waals surface area (Å²) in [7, 11) is 1.36. The highest BCUT2D eigenvalue weighted by molar-refractivity contribution is 6.09. The monoisotopic (exact) mass is 259 g/mol. The van der Waals surface area contributed by atoms with E-state index in [4.69, 9.17) is 10.5 Å². The van der Waals surface area contributed by atoms with Crippen molar-refractivity contribution in [3.63, 3.8) is 0 Å². The van der Waals surface area contributed by atoms with E-state index in [1.165, 1.54) is 19.2 Å². The molecule has 4 heteroatoms. The van der Waals surface area contributed by atoms with Gasteiger partial charge in [0.05, 0.1) is 12.7 Å². The lowest BCUT2D eigenvalue weighted by Crippen LogP contribution is -2.06. The summed E-state index contributed by atoms with van der Waals surface area (Å²) in [5.74, 6) is -0.984. The summed E-state index contributed by atoms with van der Waals surface area (Å²) in [6.45, 7) is 1.80. The van der Waals surface area contributed by atoms with Crippen molar-refractivity contribution in [3.8, 4) is 5.75 Å². The zero-order valence-corrected chi connectivity index (χ0v) is 10.7. The molecule has 19 heavy (non-hydrogen) atoms. The Morgan fingerprint density at radius 1 is 1.26 bits per heavy atom. The van der Waals surface area contributed by atoms with E-state index in [1.54, 1.807) is 31.2 Å². The van der Waals surface area contributed by atoms with E-state index in [1.807, 2.05) is 0 Å². The molecule has 0 fully saturated rings. The minimum absolute atomic E-state index is 0.0106. The predicted octanol–water partition coefficient (Wildman–Crippen LogP) is 2.96. The zero-order valence-electron chi connectivity index (χ0n) is 10.7. The quantitative estimate of drug-likeness (QED) is 0.681. The number of methoxy groups -OCH3 is 1. The first kappa shape index (κ1) is 13.1. The van der Waals surface area contributed by atoms with Crippen molar-refractivity contribution >= 4 is 11.5 Å². The van der Waals surface area contributed by atoms with Crippen LogP contribution in [0.25, 0.3) is 0 Å². The van der Waals surface area contributed by atoms with Gasteiger partial charge in [-0.2, -0.15) is 0 Å². The molecule has 0 aliphatic rings. The SMILES string of the molecule is COc1cccc(C(=O)c2ccc(N)c(C)c2)c1F. The van der Waals surface area contributed by atoms with Gasteiger partial charge < -0.3 is 10.5 Å². The van der Waals surface area contributed by atoms with Crippen LogP contribution in [-0.2, 0) is 0 Å². The van der Waals surface area contributed by atoms with Gasteiger partial charge in [0.1, 0.15) is 0 Å². The first-order valence-corrected chi connectivity index (χ1v) is 5.78. The summed E-state index contributed by atoms with van der Waals surface area (Å²) < 4.78 is 18.9. The van der Waals surface area contributed by atoms with Crippen LogP contribution in [0.5, 0.6) is 5.75 Å². The third-order valence-corrected chi connectivity index (χ3v) is 2.96. The number of nitrogens with two attached hydrogens (primary N) is 1. The van der Waals surface area contributed by atoms with Gasteiger partial charge in [0.25, 0.3) is 0 Å². The molecule has 0 aromatic heterocycles. The molecule has 0 unspecified atom stereocenters. The Morgan fingerprint density at radius 2 is 2.00 bits per heavy atom. The highest BCUT2D eigenvalue weighted by Gasteiger charge is 2.17. The van der Waals surface area contributed by atoms with Gasteiger partial charge >= 0.3 is 0 Å². The van der Waals surface area contributed by atoms with Crippen molar-refractivity contribution in [2.24, 2.45) is 0 Å². The molecule has 0 radical (unpaired) electrons. The fourth-order valence-electron chi connectivity index (χ4n) is 1.82. The maximum Gasteiger partial charge on any atom is 0.196 e. The average Bonchev–Trinajstić information content (AvgIpc) is 2.41. The summed E-state index contributed by atoms with van der Waals surface area (Å²) in [6, 6.07) is 9.37. The first-order valence-electron chi connectivity index (χ1n) is 5.78. The van der Waals surface area contributed by atoms with Crippen LogP contribution in [0, 0.1) is 12.7 Å². The Labute approximate surface area is 110 Å². The topological polar surface area (TPSA) is 52.3 Å². The van der Waals surface area contributed by atoms with Crippen molar-refractivity contribution in [2.45, 2.75) is 6.92 Å². The number of nitrogen functional groups attached to an aromatic ring is 1. The average molecular weight is 259 g/mol. The molecule has 0 aliphatic carbocycles. The second-order valence-corrected chi connectivity index (χ2v) is 4.22. The molecule has 0 spiro atoms. The van der Waals surface area contributed by atoms with Gasteiger partial charge in [0, 0.05) is 11.3 Å². The van der Waals surface area contributed by atoms with E-state index in [0.29, 0.717) is 11.3 Å². The van der Waals surface area contributed by atoms with Gasteiger partial charge in [-0.3, -0.25) is 4.79 Å². The molecule has 98 valence electrons. The number of hydrogen-bond donors (Lipinski definition) is 1. The number of carbonyl (C=O) groups is 1. The van der Waals surface area contributed by atoms with E-state index >= 15 is 0 Å². The van der Waals surface area contributed by atoms with E-state index in [-0.39, 0.29) is 17.1 Å². The van der Waals surface area contributed by atoms with Crippen molar-refractivity contribution in [2.75, 3.05) is 12.8 Å². The van der Waals surface area contributed by atoms with E-state index in [0.717, 1.165) is 5.56 Å². The third kappa shape index (κ3) is 2.42. The molecule has 0 heterocycles.